The van der Waals surface area contributed by atoms with E-state index in [0.29, 0.717) is 24.0 Å². The highest BCUT2D eigenvalue weighted by Crippen LogP contribution is 2.33. The van der Waals surface area contributed by atoms with Gasteiger partial charge in [0.2, 0.25) is 11.9 Å². The van der Waals surface area contributed by atoms with Gasteiger partial charge >= 0.3 is 0 Å². The highest BCUT2D eigenvalue weighted by molar-refractivity contribution is 7.08. The van der Waals surface area contributed by atoms with Crippen LogP contribution in [0, 0.1) is 0 Å². The molecule has 1 aromatic carbocycles. The highest BCUT2D eigenvalue weighted by Gasteiger charge is 2.24. The lowest BCUT2D eigenvalue weighted by atomic mass is 10.1. The van der Waals surface area contributed by atoms with E-state index in [1.165, 1.54) is 11.3 Å². The second-order valence-electron chi connectivity index (χ2n) is 6.96. The largest absolute Gasteiger partial charge is 0.495 e. The number of carbonyl (C=O) groups is 1. The number of hydrogen-bond donors (Lipinski definition) is 2. The van der Waals surface area contributed by atoms with Crippen LogP contribution in [0.15, 0.2) is 35.0 Å². The van der Waals surface area contributed by atoms with Crippen LogP contribution < -0.4 is 15.4 Å². The van der Waals surface area contributed by atoms with Crippen LogP contribution in [-0.4, -0.2) is 45.2 Å². The number of carbonyl (C=O) groups excluding carboxylic acids is 1. The van der Waals surface area contributed by atoms with E-state index in [-0.39, 0.29) is 11.9 Å². The maximum atomic E-state index is 12.4. The summed E-state index contributed by atoms with van der Waals surface area (Å²) in [6, 6.07) is 7.46. The number of para-hydroxylation sites is 1. The van der Waals surface area contributed by atoms with E-state index in [9.17, 15) is 4.79 Å². The summed E-state index contributed by atoms with van der Waals surface area (Å²) in [6.45, 7) is 0.711. The predicted molar refractivity (Wildman–Crippen MR) is 112 cm³/mol. The Bertz CT molecular complexity index is 1200. The number of amides is 1. The summed E-state index contributed by atoms with van der Waals surface area (Å²) < 4.78 is 7.13. The van der Waals surface area contributed by atoms with E-state index in [0.717, 1.165) is 41.5 Å². The molecule has 1 saturated heterocycles. The molecule has 1 aliphatic heterocycles. The van der Waals surface area contributed by atoms with Gasteiger partial charge in [-0.15, -0.1) is 16.4 Å². The summed E-state index contributed by atoms with van der Waals surface area (Å²) >= 11 is 1.54. The summed E-state index contributed by atoms with van der Waals surface area (Å²) in [6.07, 6.45) is 2.71. The highest BCUT2D eigenvalue weighted by atomic mass is 32.1. The van der Waals surface area contributed by atoms with Gasteiger partial charge in [0.15, 0.2) is 11.5 Å². The fraction of sp³-hybridized carbons (Fsp3) is 0.300. The Kier molecular flexibility index (Phi) is 4.51. The van der Waals surface area contributed by atoms with Crippen LogP contribution in [0.3, 0.4) is 0 Å². The van der Waals surface area contributed by atoms with E-state index in [4.69, 9.17) is 19.8 Å². The van der Waals surface area contributed by atoms with Crippen molar-refractivity contribution in [3.63, 3.8) is 0 Å². The van der Waals surface area contributed by atoms with E-state index < -0.39 is 0 Å². The average Bonchev–Trinajstić information content (AvgIpc) is 3.34. The molecule has 1 atom stereocenters. The number of thiophene rings is 1. The Hall–Kier alpha value is -3.20. The van der Waals surface area contributed by atoms with Gasteiger partial charge in [-0.3, -0.25) is 4.79 Å². The first-order valence-electron chi connectivity index (χ1n) is 9.55. The number of anilines is 1. The monoisotopic (exact) mass is 408 g/mol. The van der Waals surface area contributed by atoms with Gasteiger partial charge in [0.05, 0.1) is 18.2 Å². The van der Waals surface area contributed by atoms with Crippen LogP contribution in [0.1, 0.15) is 19.3 Å². The van der Waals surface area contributed by atoms with Gasteiger partial charge in [0, 0.05) is 22.7 Å². The summed E-state index contributed by atoms with van der Waals surface area (Å²) in [4.78, 5) is 22.0. The second-order valence-corrected chi connectivity index (χ2v) is 7.70. The Morgan fingerprint density at radius 1 is 1.24 bits per heavy atom. The van der Waals surface area contributed by atoms with Gasteiger partial charge in [-0.05, 0) is 31.4 Å². The van der Waals surface area contributed by atoms with Crippen molar-refractivity contribution in [1.82, 2.24) is 24.9 Å². The summed E-state index contributed by atoms with van der Waals surface area (Å²) in [5.74, 6) is 1.80. The fourth-order valence-electron chi connectivity index (χ4n) is 3.60. The molecule has 0 radical (unpaired) electrons. The molecule has 9 heteroatoms. The first kappa shape index (κ1) is 17.9. The molecule has 148 valence electrons. The SMILES string of the molecule is COc1cscc1-c1nc2c3ccccc3nc(N[C@H]3CCCCNC3=O)n2n1. The quantitative estimate of drug-likeness (QED) is 0.539. The van der Waals surface area contributed by atoms with Crippen molar-refractivity contribution >= 4 is 39.7 Å². The molecule has 2 N–H and O–H groups in total. The van der Waals surface area contributed by atoms with Crippen LogP contribution in [-0.2, 0) is 4.79 Å². The second kappa shape index (κ2) is 7.32. The van der Waals surface area contributed by atoms with Crippen LogP contribution >= 0.6 is 11.3 Å². The molecule has 0 aliphatic carbocycles. The normalized spacial score (nSPS) is 17.3. The summed E-state index contributed by atoms with van der Waals surface area (Å²) in [5, 5.41) is 15.7. The number of aromatic nitrogens is 4. The third kappa shape index (κ3) is 3.17. The number of fused-ring (bicyclic) bond motifs is 3. The number of ether oxygens (including phenoxy) is 1. The molecule has 29 heavy (non-hydrogen) atoms. The molecule has 4 aromatic rings. The lowest BCUT2D eigenvalue weighted by molar-refractivity contribution is -0.121. The van der Waals surface area contributed by atoms with E-state index in [1.54, 1.807) is 11.6 Å². The van der Waals surface area contributed by atoms with Crippen LogP contribution in [0.25, 0.3) is 27.9 Å². The van der Waals surface area contributed by atoms with E-state index in [1.807, 2.05) is 35.0 Å². The molecule has 0 bridgehead atoms. The maximum absolute atomic E-state index is 12.4. The van der Waals surface area contributed by atoms with Gasteiger partial charge in [-0.25, -0.2) is 9.97 Å². The molecule has 5 rings (SSSR count). The van der Waals surface area contributed by atoms with Crippen molar-refractivity contribution in [3.8, 4) is 17.1 Å². The number of nitrogens with zero attached hydrogens (tertiary/aromatic N) is 4. The van der Waals surface area contributed by atoms with E-state index >= 15 is 0 Å². The van der Waals surface area contributed by atoms with Gasteiger partial charge in [0.25, 0.3) is 0 Å². The lowest BCUT2D eigenvalue weighted by Crippen LogP contribution is -2.38. The molecular weight excluding hydrogens is 388 g/mol. The summed E-state index contributed by atoms with van der Waals surface area (Å²) in [7, 11) is 1.63. The molecule has 0 saturated carbocycles. The van der Waals surface area contributed by atoms with Gasteiger partial charge < -0.3 is 15.4 Å². The van der Waals surface area contributed by atoms with Crippen LogP contribution in [0.4, 0.5) is 5.95 Å². The third-order valence-electron chi connectivity index (χ3n) is 5.10. The number of benzene rings is 1. The molecule has 1 amide bonds. The molecule has 4 heterocycles. The first-order valence-corrected chi connectivity index (χ1v) is 10.5. The molecule has 0 spiro atoms. The number of hydrogen-bond acceptors (Lipinski definition) is 7. The molecular formula is C20H20N6O2S. The van der Waals surface area contributed by atoms with Crippen molar-refractivity contribution in [1.29, 1.82) is 0 Å². The molecule has 8 nitrogen and oxygen atoms in total. The Morgan fingerprint density at radius 2 is 2.14 bits per heavy atom. The van der Waals surface area contributed by atoms with Crippen molar-refractivity contribution in [2.45, 2.75) is 25.3 Å². The van der Waals surface area contributed by atoms with Crippen molar-refractivity contribution < 1.29 is 9.53 Å². The standard InChI is InChI=1S/C20H20N6O2S/c1-28-16-11-29-10-13(16)17-24-18-12-6-2-3-7-14(12)22-20(26(18)25-17)23-15-8-4-5-9-21-19(15)27/h2-3,6-7,10-11,15H,4-5,8-9H2,1H3,(H,21,27)(H,22,23)/t15-/m0/s1. The lowest BCUT2D eigenvalue weighted by Gasteiger charge is -2.16. The number of rotatable bonds is 4. The molecule has 1 fully saturated rings. The van der Waals surface area contributed by atoms with E-state index in [2.05, 4.69) is 10.6 Å². The topological polar surface area (TPSA) is 93.4 Å². The third-order valence-corrected chi connectivity index (χ3v) is 5.83. The summed E-state index contributed by atoms with van der Waals surface area (Å²) in [5.41, 5.74) is 2.33. The zero-order valence-electron chi connectivity index (χ0n) is 15.9. The average molecular weight is 408 g/mol. The van der Waals surface area contributed by atoms with Gasteiger partial charge in [-0.1, -0.05) is 12.1 Å². The van der Waals surface area contributed by atoms with Gasteiger partial charge in [-0.2, -0.15) is 4.52 Å². The Morgan fingerprint density at radius 3 is 3.03 bits per heavy atom. The Labute approximate surface area is 170 Å². The van der Waals surface area contributed by atoms with Crippen LogP contribution in [0.2, 0.25) is 0 Å². The maximum Gasteiger partial charge on any atom is 0.242 e. The molecule has 0 unspecified atom stereocenters. The number of methoxy groups -OCH3 is 1. The predicted octanol–water partition coefficient (Wildman–Crippen LogP) is 3.10. The zero-order valence-corrected chi connectivity index (χ0v) is 16.7. The van der Waals surface area contributed by atoms with Gasteiger partial charge in [0.1, 0.15) is 11.8 Å². The van der Waals surface area contributed by atoms with Crippen LogP contribution in [0.5, 0.6) is 5.75 Å². The minimum atomic E-state index is -0.349. The zero-order chi connectivity index (χ0) is 19.8. The van der Waals surface area contributed by atoms with Crippen molar-refractivity contribution in [3.05, 3.63) is 35.0 Å². The minimum absolute atomic E-state index is 0.00884. The molecule has 3 aromatic heterocycles. The smallest absolute Gasteiger partial charge is 0.242 e. The Balaban J connectivity index is 1.67. The number of nitrogens with one attached hydrogen (secondary N) is 2. The minimum Gasteiger partial charge on any atom is -0.495 e. The van der Waals surface area contributed by atoms with Crippen molar-refractivity contribution in [2.24, 2.45) is 0 Å². The fourth-order valence-corrected chi connectivity index (χ4v) is 4.38. The molecule has 1 aliphatic rings. The van der Waals surface area contributed by atoms with Crippen molar-refractivity contribution in [2.75, 3.05) is 19.0 Å². The first-order chi connectivity index (χ1) is 14.2.